The molecule has 2 aromatic heterocycles. The largest absolute Gasteiger partial charge is 0.465 e. The van der Waals surface area contributed by atoms with Crippen LogP contribution in [0.2, 0.25) is 5.02 Å². The van der Waals surface area contributed by atoms with Gasteiger partial charge in [-0.25, -0.2) is 19.7 Å². The Labute approximate surface area is 251 Å². The van der Waals surface area contributed by atoms with Crippen molar-refractivity contribution in [1.29, 1.82) is 0 Å². The van der Waals surface area contributed by atoms with Crippen molar-refractivity contribution in [3.05, 3.63) is 70.8 Å². The maximum atomic E-state index is 13.1. The zero-order chi connectivity index (χ0) is 30.9. The van der Waals surface area contributed by atoms with Gasteiger partial charge in [0.15, 0.2) is 6.61 Å². The Kier molecular flexibility index (Phi) is 10.2. The molecule has 2 N–H and O–H groups in total. The first kappa shape index (κ1) is 30.8. The number of amides is 3. The molecule has 1 aliphatic heterocycles. The highest BCUT2D eigenvalue weighted by molar-refractivity contribution is 6.30. The normalized spacial score (nSPS) is 13.0. The molecule has 15 heteroatoms. The van der Waals surface area contributed by atoms with Crippen LogP contribution in [0.1, 0.15) is 44.5 Å². The topological polar surface area (TPSA) is 173 Å². The number of benzene rings is 1. The zero-order valence-electron chi connectivity index (χ0n) is 23.3. The maximum absolute atomic E-state index is 13.1. The molecule has 4 rings (SSSR count). The lowest BCUT2D eigenvalue weighted by Crippen LogP contribution is -2.37. The summed E-state index contributed by atoms with van der Waals surface area (Å²) >= 11 is 5.86. The van der Waals surface area contributed by atoms with Crippen LogP contribution in [0.4, 0.5) is 17.3 Å². The lowest BCUT2D eigenvalue weighted by molar-refractivity contribution is -0.150. The quantitative estimate of drug-likeness (QED) is 0.359. The maximum Gasteiger partial charge on any atom is 0.337 e. The van der Waals surface area contributed by atoms with Gasteiger partial charge in [-0.15, -0.1) is 0 Å². The van der Waals surface area contributed by atoms with E-state index in [9.17, 15) is 24.0 Å². The number of nitrogens with zero attached hydrogens (tertiary/aromatic N) is 5. The molecule has 0 radical (unpaired) electrons. The van der Waals surface area contributed by atoms with Gasteiger partial charge in [0.1, 0.15) is 17.3 Å². The lowest BCUT2D eigenvalue weighted by atomic mass is 10.1. The van der Waals surface area contributed by atoms with Crippen LogP contribution < -0.4 is 15.5 Å². The number of methoxy groups -OCH3 is 1. The van der Waals surface area contributed by atoms with E-state index in [1.54, 1.807) is 11.0 Å². The molecule has 224 valence electrons. The minimum Gasteiger partial charge on any atom is -0.465 e. The van der Waals surface area contributed by atoms with Crippen molar-refractivity contribution in [1.82, 2.24) is 19.9 Å². The Balaban J connectivity index is 1.46. The number of aromatic nitrogens is 3. The smallest absolute Gasteiger partial charge is 0.337 e. The van der Waals surface area contributed by atoms with Gasteiger partial charge in [0.05, 0.1) is 41.3 Å². The van der Waals surface area contributed by atoms with E-state index in [1.165, 1.54) is 56.9 Å². The Morgan fingerprint density at radius 1 is 0.907 bits per heavy atom. The van der Waals surface area contributed by atoms with Crippen LogP contribution in [0, 0.1) is 0 Å². The van der Waals surface area contributed by atoms with Crippen molar-refractivity contribution in [2.75, 3.05) is 55.4 Å². The van der Waals surface area contributed by atoms with E-state index in [1.807, 2.05) is 4.90 Å². The number of hydrogen-bond donors (Lipinski definition) is 2. The van der Waals surface area contributed by atoms with E-state index in [-0.39, 0.29) is 40.8 Å². The van der Waals surface area contributed by atoms with Crippen LogP contribution in [0.3, 0.4) is 0 Å². The molecular formula is C28H28ClN7O7. The highest BCUT2D eigenvalue weighted by Crippen LogP contribution is 2.22. The first-order chi connectivity index (χ1) is 20.6. The Morgan fingerprint density at radius 3 is 2.40 bits per heavy atom. The first-order valence-corrected chi connectivity index (χ1v) is 13.5. The van der Waals surface area contributed by atoms with E-state index in [0.29, 0.717) is 43.4 Å². The van der Waals surface area contributed by atoms with Crippen molar-refractivity contribution in [3.63, 3.8) is 0 Å². The molecule has 0 unspecified atom stereocenters. The van der Waals surface area contributed by atoms with Crippen LogP contribution >= 0.6 is 11.6 Å². The summed E-state index contributed by atoms with van der Waals surface area (Å²) in [6, 6.07) is 7.17. The molecule has 0 bridgehead atoms. The second kappa shape index (κ2) is 14.2. The van der Waals surface area contributed by atoms with Crippen molar-refractivity contribution < 1.29 is 33.4 Å². The van der Waals surface area contributed by atoms with Crippen molar-refractivity contribution in [2.45, 2.75) is 13.3 Å². The fourth-order valence-corrected chi connectivity index (χ4v) is 4.27. The Bertz CT molecular complexity index is 1520. The summed E-state index contributed by atoms with van der Waals surface area (Å²) in [6.07, 6.45) is 4.76. The predicted molar refractivity (Wildman–Crippen MR) is 155 cm³/mol. The van der Waals surface area contributed by atoms with Crippen molar-refractivity contribution >= 4 is 58.6 Å². The van der Waals surface area contributed by atoms with Gasteiger partial charge in [-0.1, -0.05) is 11.6 Å². The van der Waals surface area contributed by atoms with Gasteiger partial charge >= 0.3 is 11.9 Å². The van der Waals surface area contributed by atoms with Crippen LogP contribution in [0.15, 0.2) is 48.9 Å². The van der Waals surface area contributed by atoms with E-state index in [4.69, 9.17) is 21.1 Å². The second-order valence-electron chi connectivity index (χ2n) is 9.28. The SMILES string of the molecule is COC(=O)c1ccc(C(=O)Nc2ccc(Cl)cn2)c(NC(=O)c2cnc(N3CCCN(C(=O)COC(C)=O)CC3)cn2)c1. The highest BCUT2D eigenvalue weighted by Gasteiger charge is 2.22. The molecular weight excluding hydrogens is 582 g/mol. The van der Waals surface area contributed by atoms with Crippen LogP contribution in [0.5, 0.6) is 0 Å². The van der Waals surface area contributed by atoms with Gasteiger partial charge in [-0.3, -0.25) is 19.2 Å². The number of halogens is 1. The molecule has 0 saturated carbocycles. The first-order valence-electron chi connectivity index (χ1n) is 13.1. The minimum atomic E-state index is -0.669. The molecule has 0 aliphatic carbocycles. The molecule has 1 fully saturated rings. The summed E-state index contributed by atoms with van der Waals surface area (Å²) in [4.78, 5) is 77.8. The van der Waals surface area contributed by atoms with Gasteiger partial charge in [-0.2, -0.15) is 0 Å². The number of pyridine rings is 1. The number of esters is 2. The summed E-state index contributed by atoms with van der Waals surface area (Å²) in [5.41, 5.74) is 0.170. The van der Waals surface area contributed by atoms with Gasteiger partial charge in [0.2, 0.25) is 0 Å². The van der Waals surface area contributed by atoms with E-state index in [0.717, 1.165) is 0 Å². The van der Waals surface area contributed by atoms with Gasteiger partial charge in [-0.05, 0) is 36.8 Å². The molecule has 1 saturated heterocycles. The minimum absolute atomic E-state index is 0.0362. The predicted octanol–water partition coefficient (Wildman–Crippen LogP) is 2.42. The number of hydrogen-bond acceptors (Lipinski definition) is 11. The molecule has 3 aromatic rings. The fourth-order valence-electron chi connectivity index (χ4n) is 4.16. The third-order valence-electron chi connectivity index (χ3n) is 6.34. The highest BCUT2D eigenvalue weighted by atomic mass is 35.5. The standard InChI is InChI=1S/C28H28ClN7O7/c1-17(37)43-16-25(38)36-9-3-8-35(10-11-36)24-15-30-22(14-32-24)27(40)33-21-12-18(28(41)42-2)4-6-20(21)26(39)34-23-7-5-19(29)13-31-23/h4-7,12-15H,3,8-11,16H2,1-2H3,(H,33,40)(H,31,34,39). The number of anilines is 3. The second-order valence-corrected chi connectivity index (χ2v) is 9.72. The van der Waals surface area contributed by atoms with Crippen LogP contribution in [-0.4, -0.2) is 89.4 Å². The summed E-state index contributed by atoms with van der Waals surface area (Å²) in [5, 5.41) is 5.63. The Hall–Kier alpha value is -5.11. The third kappa shape index (κ3) is 8.23. The monoisotopic (exact) mass is 609 g/mol. The number of carbonyl (C=O) groups excluding carboxylic acids is 5. The Morgan fingerprint density at radius 2 is 1.72 bits per heavy atom. The lowest BCUT2D eigenvalue weighted by Gasteiger charge is -2.22. The van der Waals surface area contributed by atoms with Gasteiger partial charge in [0.25, 0.3) is 17.7 Å². The molecule has 14 nitrogen and oxygen atoms in total. The van der Waals surface area contributed by atoms with Crippen molar-refractivity contribution in [3.8, 4) is 0 Å². The molecule has 3 amide bonds. The van der Waals surface area contributed by atoms with Crippen LogP contribution in [-0.2, 0) is 19.1 Å². The van der Waals surface area contributed by atoms with E-state index >= 15 is 0 Å². The molecule has 0 atom stereocenters. The van der Waals surface area contributed by atoms with E-state index in [2.05, 4.69) is 25.6 Å². The van der Waals surface area contributed by atoms with Gasteiger partial charge < -0.3 is 29.9 Å². The molecule has 1 aliphatic rings. The van der Waals surface area contributed by atoms with Crippen molar-refractivity contribution in [2.24, 2.45) is 0 Å². The number of nitrogens with one attached hydrogen (secondary N) is 2. The third-order valence-corrected chi connectivity index (χ3v) is 6.57. The number of ether oxygens (including phenoxy) is 2. The summed E-state index contributed by atoms with van der Waals surface area (Å²) in [6.45, 7) is 2.90. The number of carbonyl (C=O) groups is 5. The molecule has 43 heavy (non-hydrogen) atoms. The molecule has 3 heterocycles. The summed E-state index contributed by atoms with van der Waals surface area (Å²) in [7, 11) is 1.22. The average molecular weight is 610 g/mol. The fraction of sp³-hybridized carbons (Fsp3) is 0.286. The molecule has 1 aromatic carbocycles. The van der Waals surface area contributed by atoms with E-state index < -0.39 is 23.8 Å². The summed E-state index contributed by atoms with van der Waals surface area (Å²) < 4.78 is 9.57. The zero-order valence-corrected chi connectivity index (χ0v) is 24.1. The van der Waals surface area contributed by atoms with Gasteiger partial charge in [0, 0.05) is 39.3 Å². The average Bonchev–Trinajstić information content (AvgIpc) is 3.27. The van der Waals surface area contributed by atoms with Crippen LogP contribution in [0.25, 0.3) is 0 Å². The number of rotatable bonds is 8. The summed E-state index contributed by atoms with van der Waals surface area (Å²) in [5.74, 6) is -1.97. The molecule has 0 spiro atoms.